The number of rotatable bonds is 4. The summed E-state index contributed by atoms with van der Waals surface area (Å²) in [6, 6.07) is 7.83. The molecule has 2 rings (SSSR count). The van der Waals surface area contributed by atoms with Crippen LogP contribution in [0, 0.1) is 5.92 Å². The molecule has 2 atom stereocenters. The third kappa shape index (κ3) is 4.12. The summed E-state index contributed by atoms with van der Waals surface area (Å²) in [5, 5.41) is 0. The zero-order valence-electron chi connectivity index (χ0n) is 12.0. The quantitative estimate of drug-likeness (QED) is 0.923. The van der Waals surface area contributed by atoms with Crippen molar-refractivity contribution in [2.24, 2.45) is 11.7 Å². The molecule has 5 heteroatoms. The fraction of sp³-hybridized carbons (Fsp3) is 0.533. The van der Waals surface area contributed by atoms with Crippen LogP contribution in [0.25, 0.3) is 0 Å². The van der Waals surface area contributed by atoms with E-state index in [0.717, 1.165) is 30.8 Å². The molecule has 1 aromatic carbocycles. The molecule has 1 heterocycles. The molecule has 1 amide bonds. The molecular formula is C15H23ClN2O2. The van der Waals surface area contributed by atoms with E-state index >= 15 is 0 Å². The van der Waals surface area contributed by atoms with Crippen molar-refractivity contribution in [3.63, 3.8) is 0 Å². The van der Waals surface area contributed by atoms with Crippen molar-refractivity contribution < 1.29 is 9.53 Å². The number of methoxy groups -OCH3 is 1. The number of amides is 1. The van der Waals surface area contributed by atoms with E-state index in [1.54, 1.807) is 7.11 Å². The predicted octanol–water partition coefficient (Wildman–Crippen LogP) is 1.86. The highest BCUT2D eigenvalue weighted by molar-refractivity contribution is 5.85. The summed E-state index contributed by atoms with van der Waals surface area (Å²) in [5.41, 5.74) is 6.89. The minimum atomic E-state index is 0. The van der Waals surface area contributed by atoms with Gasteiger partial charge in [0.25, 0.3) is 0 Å². The van der Waals surface area contributed by atoms with Crippen molar-refractivity contribution in [1.82, 2.24) is 4.90 Å². The Hall–Kier alpha value is -1.26. The second kappa shape index (κ2) is 7.50. The maximum Gasteiger partial charge on any atom is 0.227 e. The lowest BCUT2D eigenvalue weighted by atomic mass is 10.0. The van der Waals surface area contributed by atoms with Gasteiger partial charge in [0.1, 0.15) is 5.75 Å². The molecule has 0 radical (unpaired) electrons. The van der Waals surface area contributed by atoms with Crippen molar-refractivity contribution in [2.45, 2.75) is 25.8 Å². The van der Waals surface area contributed by atoms with E-state index in [9.17, 15) is 4.79 Å². The Kier molecular flexibility index (Phi) is 6.30. The van der Waals surface area contributed by atoms with Gasteiger partial charge in [0.2, 0.25) is 5.91 Å². The molecule has 1 fully saturated rings. The first kappa shape index (κ1) is 16.8. The van der Waals surface area contributed by atoms with Crippen LogP contribution in [0.1, 0.15) is 18.9 Å². The molecule has 0 bridgehead atoms. The number of carbonyl (C=O) groups is 1. The van der Waals surface area contributed by atoms with Gasteiger partial charge in [-0.15, -0.1) is 12.4 Å². The van der Waals surface area contributed by atoms with E-state index < -0.39 is 0 Å². The number of nitrogens with two attached hydrogens (primary N) is 1. The lowest BCUT2D eigenvalue weighted by Crippen LogP contribution is -2.33. The third-order valence-corrected chi connectivity index (χ3v) is 3.81. The Labute approximate surface area is 126 Å². The van der Waals surface area contributed by atoms with Gasteiger partial charge in [-0.25, -0.2) is 0 Å². The molecule has 0 spiro atoms. The molecule has 1 aliphatic rings. The zero-order valence-corrected chi connectivity index (χ0v) is 12.9. The fourth-order valence-electron chi connectivity index (χ4n) is 2.51. The maximum absolute atomic E-state index is 12.2. The Balaban J connectivity index is 0.00000200. The van der Waals surface area contributed by atoms with Crippen molar-refractivity contribution in [3.05, 3.63) is 29.8 Å². The Morgan fingerprint density at radius 3 is 2.90 bits per heavy atom. The number of nitrogens with zero attached hydrogens (tertiary/aromatic N) is 1. The summed E-state index contributed by atoms with van der Waals surface area (Å²) in [7, 11) is 1.63. The van der Waals surface area contributed by atoms with Crippen LogP contribution in [0.2, 0.25) is 0 Å². The van der Waals surface area contributed by atoms with Crippen LogP contribution in [-0.2, 0) is 11.2 Å². The lowest BCUT2D eigenvalue weighted by molar-refractivity contribution is -0.129. The molecule has 2 N–H and O–H groups in total. The Bertz CT molecular complexity index is 451. The van der Waals surface area contributed by atoms with Gasteiger partial charge in [-0.1, -0.05) is 12.1 Å². The maximum atomic E-state index is 12.2. The van der Waals surface area contributed by atoms with E-state index in [2.05, 4.69) is 0 Å². The van der Waals surface area contributed by atoms with Gasteiger partial charge < -0.3 is 15.4 Å². The monoisotopic (exact) mass is 298 g/mol. The molecule has 0 aliphatic carbocycles. The summed E-state index contributed by atoms with van der Waals surface area (Å²) in [4.78, 5) is 14.2. The fourth-order valence-corrected chi connectivity index (χ4v) is 2.51. The van der Waals surface area contributed by atoms with E-state index in [1.807, 2.05) is 36.1 Å². The summed E-state index contributed by atoms with van der Waals surface area (Å²) < 4.78 is 5.17. The van der Waals surface area contributed by atoms with Crippen LogP contribution in [-0.4, -0.2) is 37.0 Å². The van der Waals surface area contributed by atoms with Crippen LogP contribution in [0.4, 0.5) is 0 Å². The highest BCUT2D eigenvalue weighted by Crippen LogP contribution is 2.20. The SMILES string of the molecule is COc1cccc(CC(=O)N2CCC(C(C)N)C2)c1.Cl. The molecule has 112 valence electrons. The second-order valence-electron chi connectivity index (χ2n) is 5.28. The van der Waals surface area contributed by atoms with Crippen molar-refractivity contribution in [2.75, 3.05) is 20.2 Å². The van der Waals surface area contributed by atoms with E-state index in [4.69, 9.17) is 10.5 Å². The third-order valence-electron chi connectivity index (χ3n) is 3.81. The highest BCUT2D eigenvalue weighted by atomic mass is 35.5. The van der Waals surface area contributed by atoms with Gasteiger partial charge >= 0.3 is 0 Å². The minimum Gasteiger partial charge on any atom is -0.497 e. The van der Waals surface area contributed by atoms with Gasteiger partial charge in [0.05, 0.1) is 13.5 Å². The zero-order chi connectivity index (χ0) is 13.8. The van der Waals surface area contributed by atoms with E-state index in [0.29, 0.717) is 12.3 Å². The standard InChI is InChI=1S/C15H22N2O2.ClH/c1-11(16)13-6-7-17(10-13)15(18)9-12-4-3-5-14(8-12)19-2;/h3-5,8,11,13H,6-7,9-10,16H2,1-2H3;1H. The van der Waals surface area contributed by atoms with Crippen molar-refractivity contribution in [1.29, 1.82) is 0 Å². The van der Waals surface area contributed by atoms with Crippen molar-refractivity contribution >= 4 is 18.3 Å². The Morgan fingerprint density at radius 2 is 2.30 bits per heavy atom. The molecule has 4 nitrogen and oxygen atoms in total. The number of likely N-dealkylation sites (tertiary alicyclic amines) is 1. The van der Waals surface area contributed by atoms with Crippen LogP contribution >= 0.6 is 12.4 Å². The lowest BCUT2D eigenvalue weighted by Gasteiger charge is -2.18. The number of ether oxygens (including phenoxy) is 1. The minimum absolute atomic E-state index is 0. The molecule has 1 saturated heterocycles. The van der Waals surface area contributed by atoms with Gasteiger partial charge in [0, 0.05) is 19.1 Å². The van der Waals surface area contributed by atoms with Gasteiger partial charge in [-0.2, -0.15) is 0 Å². The first-order valence-electron chi connectivity index (χ1n) is 6.76. The predicted molar refractivity (Wildman–Crippen MR) is 82.3 cm³/mol. The molecule has 0 saturated carbocycles. The largest absolute Gasteiger partial charge is 0.497 e. The van der Waals surface area contributed by atoms with Crippen LogP contribution < -0.4 is 10.5 Å². The van der Waals surface area contributed by atoms with Gasteiger partial charge in [0.15, 0.2) is 0 Å². The van der Waals surface area contributed by atoms with Gasteiger partial charge in [-0.05, 0) is 37.0 Å². The average molecular weight is 299 g/mol. The number of halogens is 1. The highest BCUT2D eigenvalue weighted by Gasteiger charge is 2.28. The molecular weight excluding hydrogens is 276 g/mol. The number of hydrogen-bond donors (Lipinski definition) is 1. The molecule has 2 unspecified atom stereocenters. The van der Waals surface area contributed by atoms with Crippen LogP contribution in [0.5, 0.6) is 5.75 Å². The first-order valence-corrected chi connectivity index (χ1v) is 6.76. The molecule has 20 heavy (non-hydrogen) atoms. The normalized spacial score (nSPS) is 19.4. The molecule has 1 aliphatic heterocycles. The van der Waals surface area contributed by atoms with Gasteiger partial charge in [-0.3, -0.25) is 4.79 Å². The topological polar surface area (TPSA) is 55.6 Å². The van der Waals surface area contributed by atoms with Crippen LogP contribution in [0.3, 0.4) is 0 Å². The van der Waals surface area contributed by atoms with Crippen LogP contribution in [0.15, 0.2) is 24.3 Å². The summed E-state index contributed by atoms with van der Waals surface area (Å²) >= 11 is 0. The number of hydrogen-bond acceptors (Lipinski definition) is 3. The number of carbonyl (C=O) groups excluding carboxylic acids is 1. The average Bonchev–Trinajstić information content (AvgIpc) is 2.89. The van der Waals surface area contributed by atoms with Crippen molar-refractivity contribution in [3.8, 4) is 5.75 Å². The summed E-state index contributed by atoms with van der Waals surface area (Å²) in [5.74, 6) is 1.41. The smallest absolute Gasteiger partial charge is 0.227 e. The second-order valence-corrected chi connectivity index (χ2v) is 5.28. The van der Waals surface area contributed by atoms with E-state index in [1.165, 1.54) is 0 Å². The summed E-state index contributed by atoms with van der Waals surface area (Å²) in [6.45, 7) is 3.64. The number of benzene rings is 1. The summed E-state index contributed by atoms with van der Waals surface area (Å²) in [6.07, 6.45) is 1.45. The first-order chi connectivity index (χ1) is 9.10. The Morgan fingerprint density at radius 1 is 1.55 bits per heavy atom. The molecule has 0 aromatic heterocycles. The molecule has 1 aromatic rings. The van der Waals surface area contributed by atoms with E-state index in [-0.39, 0.29) is 24.4 Å².